The van der Waals surface area contributed by atoms with Gasteiger partial charge < -0.3 is 10.1 Å². The Morgan fingerprint density at radius 3 is 2.62 bits per heavy atom. The van der Waals surface area contributed by atoms with E-state index in [2.05, 4.69) is 5.32 Å². The summed E-state index contributed by atoms with van der Waals surface area (Å²) in [6, 6.07) is 7.07. The van der Waals surface area contributed by atoms with Gasteiger partial charge in [-0.1, -0.05) is 24.0 Å². The number of thioether (sulfide) groups is 1. The van der Waals surface area contributed by atoms with Crippen LogP contribution in [0.2, 0.25) is 0 Å². The van der Waals surface area contributed by atoms with E-state index in [0.717, 1.165) is 5.75 Å². The zero-order valence-electron chi connectivity index (χ0n) is 11.8. The van der Waals surface area contributed by atoms with E-state index >= 15 is 0 Å². The fraction of sp³-hybridized carbons (Fsp3) is 0.357. The van der Waals surface area contributed by atoms with Crippen molar-refractivity contribution >= 4 is 45.8 Å². The molecule has 0 bridgehead atoms. The van der Waals surface area contributed by atoms with Gasteiger partial charge in [0.25, 0.3) is 0 Å². The van der Waals surface area contributed by atoms with Crippen molar-refractivity contribution in [2.75, 3.05) is 18.5 Å². The molecule has 1 unspecified atom stereocenters. The number of hydrogen-bond acceptors (Lipinski definition) is 5. The van der Waals surface area contributed by atoms with Crippen LogP contribution in [0.15, 0.2) is 24.3 Å². The Labute approximate surface area is 133 Å². The van der Waals surface area contributed by atoms with Gasteiger partial charge in [-0.2, -0.15) is 0 Å². The number of benzene rings is 1. The summed E-state index contributed by atoms with van der Waals surface area (Å²) in [6.45, 7) is 4.23. The first-order valence-corrected chi connectivity index (χ1v) is 7.84. The van der Waals surface area contributed by atoms with Crippen LogP contribution in [-0.4, -0.2) is 39.4 Å². The minimum Gasteiger partial charge on any atom is -0.494 e. The van der Waals surface area contributed by atoms with E-state index in [1.807, 2.05) is 6.92 Å². The van der Waals surface area contributed by atoms with Crippen LogP contribution in [-0.2, 0) is 9.59 Å². The molecule has 2 rings (SSSR count). The Morgan fingerprint density at radius 2 is 2.10 bits per heavy atom. The molecule has 1 aliphatic heterocycles. The third-order valence-electron chi connectivity index (χ3n) is 2.86. The van der Waals surface area contributed by atoms with Gasteiger partial charge in [0.1, 0.15) is 16.6 Å². The molecule has 1 N–H and O–H groups in total. The van der Waals surface area contributed by atoms with E-state index in [9.17, 15) is 9.59 Å². The van der Waals surface area contributed by atoms with Crippen LogP contribution in [0.4, 0.5) is 5.69 Å². The lowest BCUT2D eigenvalue weighted by molar-refractivity contribution is -0.129. The van der Waals surface area contributed by atoms with Crippen LogP contribution < -0.4 is 10.1 Å². The lowest BCUT2D eigenvalue weighted by Crippen LogP contribution is -2.37. The van der Waals surface area contributed by atoms with Crippen molar-refractivity contribution in [1.82, 2.24) is 4.90 Å². The van der Waals surface area contributed by atoms with Crippen LogP contribution in [0, 0.1) is 0 Å². The average molecular weight is 324 g/mol. The molecule has 0 aromatic heterocycles. The van der Waals surface area contributed by atoms with Gasteiger partial charge in [0, 0.05) is 5.69 Å². The number of carbonyl (C=O) groups is 2. The summed E-state index contributed by atoms with van der Waals surface area (Å²) >= 11 is 6.40. The maximum atomic E-state index is 12.0. The van der Waals surface area contributed by atoms with E-state index in [1.165, 1.54) is 16.7 Å². The lowest BCUT2D eigenvalue weighted by atomic mass is 10.3. The fourth-order valence-corrected chi connectivity index (χ4v) is 3.26. The zero-order chi connectivity index (χ0) is 15.4. The topological polar surface area (TPSA) is 58.6 Å². The quantitative estimate of drug-likeness (QED) is 0.842. The molecule has 1 atom stereocenters. The number of anilines is 1. The number of carbonyl (C=O) groups excluding carboxylic acids is 2. The summed E-state index contributed by atoms with van der Waals surface area (Å²) in [4.78, 5) is 25.2. The molecular formula is C14H16N2O3S2. The van der Waals surface area contributed by atoms with Gasteiger partial charge in [0.15, 0.2) is 0 Å². The number of nitrogens with zero attached hydrogens (tertiary/aromatic N) is 1. The number of rotatable bonds is 5. The maximum absolute atomic E-state index is 12.0. The van der Waals surface area contributed by atoms with Gasteiger partial charge in [0.2, 0.25) is 11.8 Å². The van der Waals surface area contributed by atoms with Gasteiger partial charge in [-0.25, -0.2) is 0 Å². The number of hydrogen-bond donors (Lipinski definition) is 1. The third-order valence-corrected chi connectivity index (χ3v) is 4.35. The van der Waals surface area contributed by atoms with Gasteiger partial charge in [-0.3, -0.25) is 14.5 Å². The first-order valence-electron chi connectivity index (χ1n) is 6.56. The number of ether oxygens (including phenoxy) is 1. The smallest absolute Gasteiger partial charge is 0.244 e. The molecule has 0 radical (unpaired) electrons. The van der Waals surface area contributed by atoms with Crippen LogP contribution in [0.3, 0.4) is 0 Å². The average Bonchev–Trinajstić information content (AvgIpc) is 2.68. The van der Waals surface area contributed by atoms with Crippen molar-refractivity contribution < 1.29 is 14.3 Å². The Bertz CT molecular complexity index is 560. The second-order valence-electron chi connectivity index (χ2n) is 4.46. The first-order chi connectivity index (χ1) is 10.0. The first kappa shape index (κ1) is 15.8. The van der Waals surface area contributed by atoms with Gasteiger partial charge in [0.05, 0.1) is 11.9 Å². The largest absolute Gasteiger partial charge is 0.494 e. The Hall–Kier alpha value is -1.60. The van der Waals surface area contributed by atoms with Crippen molar-refractivity contribution in [3.63, 3.8) is 0 Å². The second-order valence-corrected chi connectivity index (χ2v) is 6.43. The van der Waals surface area contributed by atoms with E-state index in [0.29, 0.717) is 16.6 Å². The molecule has 1 aromatic rings. The van der Waals surface area contributed by atoms with Gasteiger partial charge >= 0.3 is 0 Å². The van der Waals surface area contributed by atoms with Crippen LogP contribution >= 0.6 is 24.0 Å². The van der Waals surface area contributed by atoms with Crippen molar-refractivity contribution in [2.45, 2.75) is 19.1 Å². The normalized spacial score (nSPS) is 18.0. The lowest BCUT2D eigenvalue weighted by Gasteiger charge is -2.15. The molecule has 2 amide bonds. The third kappa shape index (κ3) is 3.95. The van der Waals surface area contributed by atoms with Crippen molar-refractivity contribution in [2.24, 2.45) is 0 Å². The highest BCUT2D eigenvalue weighted by molar-refractivity contribution is 8.24. The highest BCUT2D eigenvalue weighted by Gasteiger charge is 2.34. The Balaban J connectivity index is 1.92. The highest BCUT2D eigenvalue weighted by atomic mass is 32.2. The van der Waals surface area contributed by atoms with Crippen molar-refractivity contribution in [3.8, 4) is 5.75 Å². The molecule has 5 nitrogen and oxygen atoms in total. The van der Waals surface area contributed by atoms with E-state index in [4.69, 9.17) is 17.0 Å². The standard InChI is InChI=1S/C14H16N2O3S2/c1-3-19-11-6-4-10(5-7-11)15-12(17)8-16-13(18)9(2)21-14(16)20/h4-7,9H,3,8H2,1-2H3,(H,15,17). The number of amides is 2. The molecule has 21 heavy (non-hydrogen) atoms. The summed E-state index contributed by atoms with van der Waals surface area (Å²) in [5.74, 6) is 0.355. The van der Waals surface area contributed by atoms with E-state index < -0.39 is 0 Å². The molecule has 112 valence electrons. The van der Waals surface area contributed by atoms with E-state index in [1.54, 1.807) is 31.2 Å². The molecule has 0 saturated carbocycles. The molecule has 1 heterocycles. The second kappa shape index (κ2) is 6.91. The minimum absolute atomic E-state index is 0.0534. The summed E-state index contributed by atoms with van der Waals surface area (Å²) < 4.78 is 5.78. The predicted molar refractivity (Wildman–Crippen MR) is 87.6 cm³/mol. The van der Waals surface area contributed by atoms with Crippen molar-refractivity contribution in [3.05, 3.63) is 24.3 Å². The maximum Gasteiger partial charge on any atom is 0.244 e. The molecule has 1 aliphatic rings. The Kier molecular flexibility index (Phi) is 5.19. The van der Waals surface area contributed by atoms with E-state index in [-0.39, 0.29) is 23.6 Å². The molecule has 0 aliphatic carbocycles. The Morgan fingerprint density at radius 1 is 1.43 bits per heavy atom. The molecule has 1 saturated heterocycles. The zero-order valence-corrected chi connectivity index (χ0v) is 13.4. The van der Waals surface area contributed by atoms with Crippen LogP contribution in [0.1, 0.15) is 13.8 Å². The van der Waals surface area contributed by atoms with Crippen LogP contribution in [0.25, 0.3) is 0 Å². The van der Waals surface area contributed by atoms with Crippen molar-refractivity contribution in [1.29, 1.82) is 0 Å². The summed E-state index contributed by atoms with van der Waals surface area (Å²) in [7, 11) is 0. The fourth-order valence-electron chi connectivity index (χ4n) is 1.86. The number of thiocarbonyl (C=S) groups is 1. The molecule has 0 spiro atoms. The number of nitrogens with one attached hydrogen (secondary N) is 1. The summed E-state index contributed by atoms with van der Waals surface area (Å²) in [6.07, 6.45) is 0. The summed E-state index contributed by atoms with van der Waals surface area (Å²) in [5, 5.41) is 2.52. The predicted octanol–water partition coefficient (Wildman–Crippen LogP) is 2.27. The highest BCUT2D eigenvalue weighted by Crippen LogP contribution is 2.26. The molecule has 1 aromatic carbocycles. The van der Waals surface area contributed by atoms with Gasteiger partial charge in [-0.15, -0.1) is 0 Å². The minimum atomic E-state index is -0.274. The monoisotopic (exact) mass is 324 g/mol. The van der Waals surface area contributed by atoms with Gasteiger partial charge in [-0.05, 0) is 38.1 Å². The van der Waals surface area contributed by atoms with Crippen LogP contribution in [0.5, 0.6) is 5.75 Å². The molecule has 1 fully saturated rings. The SMILES string of the molecule is CCOc1ccc(NC(=O)CN2C(=O)C(C)SC2=S)cc1. The molecule has 7 heteroatoms. The summed E-state index contributed by atoms with van der Waals surface area (Å²) in [5.41, 5.74) is 0.654. The molecular weight excluding hydrogens is 308 g/mol.